The van der Waals surface area contributed by atoms with Crippen LogP contribution in [0, 0.1) is 0 Å². The van der Waals surface area contributed by atoms with E-state index in [9.17, 15) is 9.59 Å². The van der Waals surface area contributed by atoms with Gasteiger partial charge in [-0.25, -0.2) is 0 Å². The van der Waals surface area contributed by atoms with E-state index in [1.807, 2.05) is 30.3 Å². The Kier molecular flexibility index (Phi) is 4.61. The van der Waals surface area contributed by atoms with Crippen molar-refractivity contribution in [2.45, 2.75) is 38.6 Å². The van der Waals surface area contributed by atoms with Crippen LogP contribution in [0.5, 0.6) is 11.5 Å². The molecule has 0 atom stereocenters. The van der Waals surface area contributed by atoms with Crippen LogP contribution in [0.2, 0.25) is 0 Å². The lowest BCUT2D eigenvalue weighted by Crippen LogP contribution is -2.23. The molecule has 0 saturated heterocycles. The summed E-state index contributed by atoms with van der Waals surface area (Å²) < 4.78 is 10.6. The highest BCUT2D eigenvalue weighted by Crippen LogP contribution is 2.32. The molecule has 1 heterocycles. The molecule has 0 fully saturated rings. The minimum Gasteiger partial charge on any atom is -0.454 e. The molecule has 0 unspecified atom stereocenters. The lowest BCUT2D eigenvalue weighted by Gasteiger charge is -2.07. The van der Waals surface area contributed by atoms with Gasteiger partial charge in [0.15, 0.2) is 17.3 Å². The Bertz CT molecular complexity index is 859. The number of Topliss-reactive ketones (excluding diaryl/α,β-unsaturated/α-hetero) is 1. The highest BCUT2D eigenvalue weighted by molar-refractivity contribution is 5.98. The van der Waals surface area contributed by atoms with E-state index >= 15 is 0 Å². The third-order valence-corrected chi connectivity index (χ3v) is 4.93. The normalized spacial score (nSPS) is 14.2. The number of fused-ring (bicyclic) bond motifs is 2. The van der Waals surface area contributed by atoms with Crippen LogP contribution in [0.4, 0.5) is 0 Å². The molecule has 0 aromatic heterocycles. The van der Waals surface area contributed by atoms with E-state index in [1.165, 1.54) is 11.1 Å². The number of aryl methyl sites for hydroxylation is 2. The molecule has 0 saturated carbocycles. The number of nitrogens with one attached hydrogen (secondary N) is 1. The van der Waals surface area contributed by atoms with Crippen molar-refractivity contribution in [1.82, 2.24) is 5.32 Å². The maximum absolute atomic E-state index is 12.3. The van der Waals surface area contributed by atoms with Gasteiger partial charge in [0.2, 0.25) is 12.7 Å². The van der Waals surface area contributed by atoms with Gasteiger partial charge in [-0.3, -0.25) is 9.59 Å². The van der Waals surface area contributed by atoms with Crippen molar-refractivity contribution in [2.24, 2.45) is 0 Å². The molecule has 134 valence electrons. The summed E-state index contributed by atoms with van der Waals surface area (Å²) in [5, 5.41) is 2.85. The molecule has 5 nitrogen and oxygen atoms in total. The molecular formula is C21H21NO4. The van der Waals surface area contributed by atoms with E-state index in [1.54, 1.807) is 0 Å². The Labute approximate surface area is 152 Å². The number of rotatable bonds is 6. The monoisotopic (exact) mass is 351 g/mol. The largest absolute Gasteiger partial charge is 0.454 e. The van der Waals surface area contributed by atoms with Gasteiger partial charge in [-0.15, -0.1) is 0 Å². The van der Waals surface area contributed by atoms with Crippen LogP contribution in [0.25, 0.3) is 0 Å². The quantitative estimate of drug-likeness (QED) is 0.812. The zero-order valence-electron chi connectivity index (χ0n) is 14.5. The Morgan fingerprint density at radius 3 is 2.69 bits per heavy atom. The second-order valence-corrected chi connectivity index (χ2v) is 6.72. The van der Waals surface area contributed by atoms with Crippen LogP contribution in [-0.4, -0.2) is 18.5 Å². The highest BCUT2D eigenvalue weighted by atomic mass is 16.7. The highest BCUT2D eigenvalue weighted by Gasteiger charge is 2.16. The zero-order chi connectivity index (χ0) is 17.9. The molecule has 2 aliphatic rings. The maximum atomic E-state index is 12.3. The molecule has 1 amide bonds. The fraction of sp³-hybridized carbons (Fsp3) is 0.333. The summed E-state index contributed by atoms with van der Waals surface area (Å²) in [5.74, 6) is 1.32. The number of carbonyl (C=O) groups excluding carboxylic acids is 2. The summed E-state index contributed by atoms with van der Waals surface area (Å²) in [6.07, 6.45) is 3.74. The Balaban J connectivity index is 1.26. The van der Waals surface area contributed by atoms with Crippen molar-refractivity contribution < 1.29 is 19.1 Å². The smallest absolute Gasteiger partial charge is 0.231 e. The van der Waals surface area contributed by atoms with Gasteiger partial charge in [0.25, 0.3) is 0 Å². The Morgan fingerprint density at radius 1 is 0.923 bits per heavy atom. The molecule has 1 aliphatic carbocycles. The van der Waals surface area contributed by atoms with Crippen LogP contribution in [0.3, 0.4) is 0 Å². The van der Waals surface area contributed by atoms with Crippen molar-refractivity contribution in [2.75, 3.05) is 6.79 Å². The summed E-state index contributed by atoms with van der Waals surface area (Å²) >= 11 is 0. The van der Waals surface area contributed by atoms with Gasteiger partial charge in [-0.2, -0.15) is 0 Å². The van der Waals surface area contributed by atoms with Gasteiger partial charge in [-0.05, 0) is 54.2 Å². The molecule has 2 aromatic carbocycles. The average Bonchev–Trinajstić information content (AvgIpc) is 3.32. The van der Waals surface area contributed by atoms with E-state index in [-0.39, 0.29) is 31.3 Å². The molecule has 4 rings (SSSR count). The average molecular weight is 351 g/mol. The van der Waals surface area contributed by atoms with Gasteiger partial charge in [-0.1, -0.05) is 18.2 Å². The summed E-state index contributed by atoms with van der Waals surface area (Å²) in [6, 6.07) is 11.5. The number of hydrogen-bond acceptors (Lipinski definition) is 4. The molecule has 26 heavy (non-hydrogen) atoms. The van der Waals surface area contributed by atoms with Crippen LogP contribution in [-0.2, 0) is 24.2 Å². The van der Waals surface area contributed by atoms with E-state index in [0.717, 1.165) is 30.6 Å². The molecule has 5 heteroatoms. The van der Waals surface area contributed by atoms with Crippen LogP contribution in [0.1, 0.15) is 46.3 Å². The predicted molar refractivity (Wildman–Crippen MR) is 96.4 cm³/mol. The number of benzene rings is 2. The van der Waals surface area contributed by atoms with Crippen molar-refractivity contribution in [3.05, 3.63) is 58.7 Å². The third kappa shape index (κ3) is 3.57. The zero-order valence-corrected chi connectivity index (χ0v) is 14.5. The van der Waals surface area contributed by atoms with Gasteiger partial charge in [0.1, 0.15) is 0 Å². The Hall–Kier alpha value is -2.82. The lowest BCUT2D eigenvalue weighted by molar-refractivity contribution is -0.121. The fourth-order valence-corrected chi connectivity index (χ4v) is 3.46. The van der Waals surface area contributed by atoms with Crippen molar-refractivity contribution in [3.8, 4) is 11.5 Å². The number of carbonyl (C=O) groups is 2. The molecule has 1 N–H and O–H groups in total. The van der Waals surface area contributed by atoms with E-state index in [4.69, 9.17) is 9.47 Å². The van der Waals surface area contributed by atoms with Gasteiger partial charge < -0.3 is 14.8 Å². The predicted octanol–water partition coefficient (Wildman–Crippen LogP) is 3.18. The second-order valence-electron chi connectivity index (χ2n) is 6.72. The first-order valence-corrected chi connectivity index (χ1v) is 8.99. The summed E-state index contributed by atoms with van der Waals surface area (Å²) in [5.41, 5.74) is 4.29. The summed E-state index contributed by atoms with van der Waals surface area (Å²) in [6.45, 7) is 0.637. The first kappa shape index (κ1) is 16.6. The fourth-order valence-electron chi connectivity index (χ4n) is 3.46. The lowest BCUT2D eigenvalue weighted by atomic mass is 10.0. The SMILES string of the molecule is O=C(CCC(=O)c1ccc2c(c1)CCC2)NCc1ccc2c(c1)OCO2. The number of amides is 1. The molecule has 0 bridgehead atoms. The molecule has 1 aliphatic heterocycles. The second kappa shape index (κ2) is 7.20. The van der Waals surface area contributed by atoms with E-state index in [2.05, 4.69) is 11.4 Å². The van der Waals surface area contributed by atoms with Crippen molar-refractivity contribution >= 4 is 11.7 Å². The Morgan fingerprint density at radius 2 is 1.77 bits per heavy atom. The maximum Gasteiger partial charge on any atom is 0.231 e. The van der Waals surface area contributed by atoms with E-state index < -0.39 is 0 Å². The summed E-state index contributed by atoms with van der Waals surface area (Å²) in [4.78, 5) is 24.4. The molecule has 0 radical (unpaired) electrons. The van der Waals surface area contributed by atoms with Gasteiger partial charge in [0.05, 0.1) is 0 Å². The minimum atomic E-state index is -0.128. The third-order valence-electron chi connectivity index (χ3n) is 4.93. The minimum absolute atomic E-state index is 0.0259. The number of ether oxygens (including phenoxy) is 2. The van der Waals surface area contributed by atoms with Crippen molar-refractivity contribution in [3.63, 3.8) is 0 Å². The van der Waals surface area contributed by atoms with E-state index in [0.29, 0.717) is 17.9 Å². The topological polar surface area (TPSA) is 64.6 Å². The molecule has 0 spiro atoms. The first-order chi connectivity index (χ1) is 12.7. The number of hydrogen-bond donors (Lipinski definition) is 1. The molecule has 2 aromatic rings. The first-order valence-electron chi connectivity index (χ1n) is 8.99. The number of ketones is 1. The molecular weight excluding hydrogens is 330 g/mol. The van der Waals surface area contributed by atoms with Crippen molar-refractivity contribution in [1.29, 1.82) is 0 Å². The van der Waals surface area contributed by atoms with Gasteiger partial charge in [0, 0.05) is 24.9 Å². The summed E-state index contributed by atoms with van der Waals surface area (Å²) in [7, 11) is 0. The van der Waals surface area contributed by atoms with Crippen LogP contribution >= 0.6 is 0 Å². The van der Waals surface area contributed by atoms with Crippen LogP contribution in [0.15, 0.2) is 36.4 Å². The standard InChI is InChI=1S/C21H21NO4/c23-18(17-6-5-15-2-1-3-16(15)11-17)7-9-21(24)22-12-14-4-8-19-20(10-14)26-13-25-19/h4-6,8,10-11H,1-3,7,9,12-13H2,(H,22,24). The van der Waals surface area contributed by atoms with Gasteiger partial charge >= 0.3 is 0 Å². The van der Waals surface area contributed by atoms with Crippen LogP contribution < -0.4 is 14.8 Å².